The highest BCUT2D eigenvalue weighted by atomic mass is 16.2. The van der Waals surface area contributed by atoms with Gasteiger partial charge < -0.3 is 9.47 Å². The summed E-state index contributed by atoms with van der Waals surface area (Å²) in [5.41, 5.74) is 3.48. The molecule has 4 aromatic carbocycles. The van der Waals surface area contributed by atoms with Gasteiger partial charge in [0.2, 0.25) is 0 Å². The number of urea groups is 1. The average molecular weight is 579 g/mol. The minimum atomic E-state index is -1.24. The molecule has 6 rings (SSSR count). The van der Waals surface area contributed by atoms with E-state index < -0.39 is 5.54 Å². The van der Waals surface area contributed by atoms with Crippen molar-refractivity contribution in [3.8, 4) is 12.1 Å². The maximum Gasteiger partial charge on any atom is 0.328 e. The highest BCUT2D eigenvalue weighted by Crippen LogP contribution is 2.41. The lowest BCUT2D eigenvalue weighted by atomic mass is 9.86. The first kappa shape index (κ1) is 28.4. The number of amides is 3. The number of hydrogen-bond donors (Lipinski definition) is 0. The van der Waals surface area contributed by atoms with Crippen LogP contribution in [0.25, 0.3) is 10.8 Å². The molecule has 0 spiro atoms. The summed E-state index contributed by atoms with van der Waals surface area (Å²) < 4.78 is 2.05. The number of hydrogen-bond acceptors (Lipinski definition) is 5. The van der Waals surface area contributed by atoms with Crippen molar-refractivity contribution in [1.82, 2.24) is 19.4 Å². The minimum absolute atomic E-state index is 0.188. The maximum atomic E-state index is 14.3. The van der Waals surface area contributed by atoms with Crippen molar-refractivity contribution in [1.29, 1.82) is 10.5 Å². The SMILES string of the molecule is CC1(c2cccc3ccccc23)C(=O)N(CCCc2cncn2Cc2ccc(C#N)cc2)C(=O)N1Cc1cccc(C#N)c1. The number of carbonyl (C=O) groups is 2. The Labute approximate surface area is 256 Å². The molecule has 0 radical (unpaired) electrons. The topological polar surface area (TPSA) is 106 Å². The van der Waals surface area contributed by atoms with Crippen LogP contribution in [0.15, 0.2) is 104 Å². The van der Waals surface area contributed by atoms with E-state index in [1.807, 2.05) is 78.4 Å². The Kier molecular flexibility index (Phi) is 7.66. The number of fused-ring (bicyclic) bond motifs is 1. The monoisotopic (exact) mass is 578 g/mol. The van der Waals surface area contributed by atoms with Gasteiger partial charge in [0.05, 0.1) is 29.6 Å². The second kappa shape index (κ2) is 11.9. The van der Waals surface area contributed by atoms with Gasteiger partial charge in [0.15, 0.2) is 0 Å². The lowest BCUT2D eigenvalue weighted by Gasteiger charge is -2.33. The fourth-order valence-electron chi connectivity index (χ4n) is 6.06. The zero-order chi connectivity index (χ0) is 30.7. The second-order valence-corrected chi connectivity index (χ2v) is 11.2. The van der Waals surface area contributed by atoms with Crippen LogP contribution in [0.2, 0.25) is 0 Å². The average Bonchev–Trinajstić information content (AvgIpc) is 3.57. The molecule has 1 aliphatic rings. The van der Waals surface area contributed by atoms with Crippen LogP contribution < -0.4 is 0 Å². The Bertz CT molecular complexity index is 1940. The van der Waals surface area contributed by atoms with Crippen LogP contribution in [0, 0.1) is 22.7 Å². The normalized spacial score (nSPS) is 16.3. The van der Waals surface area contributed by atoms with Gasteiger partial charge in [-0.25, -0.2) is 9.78 Å². The fraction of sp³-hybridized carbons (Fsp3) is 0.194. The summed E-state index contributed by atoms with van der Waals surface area (Å²) >= 11 is 0. The third-order valence-corrected chi connectivity index (χ3v) is 8.42. The van der Waals surface area contributed by atoms with Crippen LogP contribution in [0.3, 0.4) is 0 Å². The van der Waals surface area contributed by atoms with Crippen molar-refractivity contribution in [2.75, 3.05) is 6.54 Å². The minimum Gasteiger partial charge on any atom is -0.330 e. The Morgan fingerprint density at radius 1 is 0.818 bits per heavy atom. The van der Waals surface area contributed by atoms with Crippen LogP contribution in [0.5, 0.6) is 0 Å². The van der Waals surface area contributed by atoms with Crippen LogP contribution in [-0.4, -0.2) is 37.8 Å². The molecule has 1 aliphatic heterocycles. The third kappa shape index (κ3) is 5.19. The standard InChI is InChI=1S/C36H30N6O2/c1-36(33-13-5-10-30-9-2-3-12-32(30)33)34(43)41(35(44)42(36)24-29-8-4-7-28(19-29)21-38)18-6-11-31-22-39-25-40(31)23-27-16-14-26(20-37)15-17-27/h2-5,7-10,12-17,19,22,25H,6,11,18,23-24H2,1H3. The molecule has 0 N–H and O–H groups in total. The fourth-order valence-corrected chi connectivity index (χ4v) is 6.06. The van der Waals surface area contributed by atoms with Gasteiger partial charge >= 0.3 is 6.03 Å². The van der Waals surface area contributed by atoms with E-state index in [0.29, 0.717) is 30.5 Å². The lowest BCUT2D eigenvalue weighted by molar-refractivity contribution is -0.133. The molecule has 3 amide bonds. The van der Waals surface area contributed by atoms with E-state index in [1.165, 1.54) is 4.90 Å². The molecule has 8 heteroatoms. The first-order chi connectivity index (χ1) is 21.4. The summed E-state index contributed by atoms with van der Waals surface area (Å²) in [5, 5.41) is 20.4. The molecule has 8 nitrogen and oxygen atoms in total. The van der Waals surface area contributed by atoms with Gasteiger partial charge in [0.25, 0.3) is 5.91 Å². The maximum absolute atomic E-state index is 14.3. The van der Waals surface area contributed by atoms with Crippen molar-refractivity contribution in [3.63, 3.8) is 0 Å². The molecule has 2 heterocycles. The van der Waals surface area contributed by atoms with Gasteiger partial charge in [0.1, 0.15) is 5.54 Å². The Balaban J connectivity index is 1.26. The molecule has 0 saturated carbocycles. The Morgan fingerprint density at radius 3 is 2.36 bits per heavy atom. The molecule has 1 atom stereocenters. The first-order valence-corrected chi connectivity index (χ1v) is 14.5. The lowest BCUT2D eigenvalue weighted by Crippen LogP contribution is -2.44. The number of aromatic nitrogens is 2. The van der Waals surface area contributed by atoms with Crippen molar-refractivity contribution >= 4 is 22.7 Å². The smallest absolute Gasteiger partial charge is 0.328 e. The van der Waals surface area contributed by atoms with E-state index in [2.05, 4.69) is 17.1 Å². The van der Waals surface area contributed by atoms with Crippen LogP contribution >= 0.6 is 0 Å². The molecule has 216 valence electrons. The van der Waals surface area contributed by atoms with Gasteiger partial charge in [0, 0.05) is 31.5 Å². The van der Waals surface area contributed by atoms with Crippen molar-refractivity contribution in [2.24, 2.45) is 0 Å². The molecular weight excluding hydrogens is 548 g/mol. The molecule has 1 fully saturated rings. The number of rotatable bonds is 9. The molecule has 1 saturated heterocycles. The number of imide groups is 1. The number of nitrogens with zero attached hydrogens (tertiary/aromatic N) is 6. The van der Waals surface area contributed by atoms with E-state index in [1.54, 1.807) is 41.6 Å². The predicted octanol–water partition coefficient (Wildman–Crippen LogP) is 6.14. The van der Waals surface area contributed by atoms with Crippen LogP contribution in [-0.2, 0) is 29.8 Å². The third-order valence-electron chi connectivity index (χ3n) is 8.42. The molecule has 5 aromatic rings. The van der Waals surface area contributed by atoms with E-state index in [-0.39, 0.29) is 25.0 Å². The zero-order valence-electron chi connectivity index (χ0n) is 24.4. The quantitative estimate of drug-likeness (QED) is 0.195. The number of carbonyl (C=O) groups excluding carboxylic acids is 2. The highest BCUT2D eigenvalue weighted by Gasteiger charge is 2.55. The van der Waals surface area contributed by atoms with Crippen LogP contribution in [0.1, 0.15) is 46.9 Å². The summed E-state index contributed by atoms with van der Waals surface area (Å²) in [7, 11) is 0. The number of aryl methyl sites for hydroxylation is 1. The molecule has 1 unspecified atom stereocenters. The van der Waals surface area contributed by atoms with Gasteiger partial charge in [-0.1, -0.05) is 66.7 Å². The largest absolute Gasteiger partial charge is 0.330 e. The highest BCUT2D eigenvalue weighted by molar-refractivity contribution is 6.09. The number of nitriles is 2. The number of imidazole rings is 1. The van der Waals surface area contributed by atoms with E-state index in [4.69, 9.17) is 5.26 Å². The van der Waals surface area contributed by atoms with Gasteiger partial charge in [-0.2, -0.15) is 10.5 Å². The van der Waals surface area contributed by atoms with Crippen LogP contribution in [0.4, 0.5) is 4.79 Å². The second-order valence-electron chi connectivity index (χ2n) is 11.2. The van der Waals surface area contributed by atoms with Gasteiger partial charge in [-0.3, -0.25) is 9.69 Å². The summed E-state index contributed by atoms with van der Waals surface area (Å²) in [4.78, 5) is 35.7. The van der Waals surface area contributed by atoms with E-state index >= 15 is 0 Å². The summed E-state index contributed by atoms with van der Waals surface area (Å²) in [5.74, 6) is -0.263. The zero-order valence-corrected chi connectivity index (χ0v) is 24.4. The van der Waals surface area contributed by atoms with Gasteiger partial charge in [-0.05, 0) is 71.5 Å². The Hall–Kier alpha value is -5.73. The molecule has 0 aliphatic carbocycles. The molecular formula is C36H30N6O2. The van der Waals surface area contributed by atoms with Crippen molar-refractivity contribution < 1.29 is 9.59 Å². The molecule has 1 aromatic heterocycles. The van der Waals surface area contributed by atoms with Crippen molar-refractivity contribution in [3.05, 3.63) is 137 Å². The predicted molar refractivity (Wildman–Crippen MR) is 166 cm³/mol. The summed E-state index contributed by atoms with van der Waals surface area (Å²) in [6.45, 7) is 2.88. The Morgan fingerprint density at radius 2 is 1.57 bits per heavy atom. The molecule has 0 bridgehead atoms. The van der Waals surface area contributed by atoms with Gasteiger partial charge in [-0.15, -0.1) is 0 Å². The summed E-state index contributed by atoms with van der Waals surface area (Å²) in [6.07, 6.45) is 4.78. The molecule has 44 heavy (non-hydrogen) atoms. The summed E-state index contributed by atoms with van der Waals surface area (Å²) in [6, 6.07) is 32.3. The first-order valence-electron chi connectivity index (χ1n) is 14.5. The number of benzene rings is 4. The van der Waals surface area contributed by atoms with Crippen molar-refractivity contribution in [2.45, 2.75) is 38.4 Å². The van der Waals surface area contributed by atoms with E-state index in [0.717, 1.165) is 33.2 Å². The van der Waals surface area contributed by atoms with E-state index in [9.17, 15) is 14.9 Å².